The van der Waals surface area contributed by atoms with Crippen LogP contribution in [0, 0.1) is 0 Å². The molecule has 1 amide bonds. The zero-order valence-corrected chi connectivity index (χ0v) is 9.41. The number of likely N-dealkylation sites (tertiary alicyclic amines) is 1. The predicted molar refractivity (Wildman–Crippen MR) is 58.6 cm³/mol. The first-order chi connectivity index (χ1) is 7.36. The minimum Gasteiger partial charge on any atom is -0.368 e. The maximum Gasteiger partial charge on any atom is 0.248 e. The summed E-state index contributed by atoms with van der Waals surface area (Å²) in [7, 11) is 0. The highest BCUT2D eigenvalue weighted by molar-refractivity contribution is 5.77. The Morgan fingerprint density at radius 1 is 1.07 bits per heavy atom. The number of rotatable bonds is 3. The summed E-state index contributed by atoms with van der Waals surface area (Å²) in [6.07, 6.45) is 8.83. The smallest absolute Gasteiger partial charge is 0.248 e. The second kappa shape index (κ2) is 5.50. The van der Waals surface area contributed by atoms with Gasteiger partial charge in [-0.25, -0.2) is 0 Å². The molecule has 2 fully saturated rings. The molecule has 3 heteroatoms. The van der Waals surface area contributed by atoms with Gasteiger partial charge in [0, 0.05) is 13.1 Å². The third-order valence-corrected chi connectivity index (χ3v) is 3.45. The summed E-state index contributed by atoms with van der Waals surface area (Å²) >= 11 is 0. The van der Waals surface area contributed by atoms with Crippen molar-refractivity contribution in [3.05, 3.63) is 0 Å². The van der Waals surface area contributed by atoms with Gasteiger partial charge in [-0.2, -0.15) is 0 Å². The molecule has 0 aromatic heterocycles. The predicted octanol–water partition coefficient (Wildman–Crippen LogP) is 1.96. The maximum absolute atomic E-state index is 11.7. The van der Waals surface area contributed by atoms with Gasteiger partial charge in [-0.15, -0.1) is 0 Å². The van der Waals surface area contributed by atoms with Gasteiger partial charge in [0.25, 0.3) is 0 Å². The fourth-order valence-electron chi connectivity index (χ4n) is 2.48. The molecule has 1 saturated heterocycles. The number of hydrogen-bond donors (Lipinski definition) is 0. The lowest BCUT2D eigenvalue weighted by molar-refractivity contribution is -0.137. The zero-order valence-electron chi connectivity index (χ0n) is 9.41. The van der Waals surface area contributed by atoms with E-state index in [0.717, 1.165) is 38.8 Å². The Balaban J connectivity index is 1.65. The number of carbonyl (C=O) groups is 1. The Hall–Kier alpha value is -0.570. The highest BCUT2D eigenvalue weighted by atomic mass is 16.5. The minimum absolute atomic E-state index is 0.193. The van der Waals surface area contributed by atoms with Gasteiger partial charge in [0.15, 0.2) is 0 Å². The lowest BCUT2D eigenvalue weighted by Gasteiger charge is -2.23. The van der Waals surface area contributed by atoms with Crippen molar-refractivity contribution in [3.63, 3.8) is 0 Å². The lowest BCUT2D eigenvalue weighted by Crippen LogP contribution is -2.33. The summed E-state index contributed by atoms with van der Waals surface area (Å²) < 4.78 is 5.67. The van der Waals surface area contributed by atoms with Gasteiger partial charge in [0.1, 0.15) is 6.61 Å². The van der Waals surface area contributed by atoms with Gasteiger partial charge in [-0.05, 0) is 25.7 Å². The van der Waals surface area contributed by atoms with Crippen LogP contribution in [0.25, 0.3) is 0 Å². The number of nitrogens with zero attached hydrogens (tertiary/aromatic N) is 1. The molecule has 3 nitrogen and oxygen atoms in total. The summed E-state index contributed by atoms with van der Waals surface area (Å²) in [5.41, 5.74) is 0. The maximum atomic E-state index is 11.7. The molecule has 2 aliphatic rings. The topological polar surface area (TPSA) is 29.5 Å². The molecule has 0 bridgehead atoms. The number of ether oxygens (including phenoxy) is 1. The third-order valence-electron chi connectivity index (χ3n) is 3.45. The lowest BCUT2D eigenvalue weighted by atomic mass is 9.98. The Morgan fingerprint density at radius 3 is 2.40 bits per heavy atom. The van der Waals surface area contributed by atoms with Crippen molar-refractivity contribution >= 4 is 5.91 Å². The van der Waals surface area contributed by atoms with E-state index in [0.29, 0.717) is 12.7 Å². The molecule has 1 aliphatic heterocycles. The summed E-state index contributed by atoms with van der Waals surface area (Å²) in [5.74, 6) is 0.193. The van der Waals surface area contributed by atoms with E-state index in [1.54, 1.807) is 0 Å². The Labute approximate surface area is 91.8 Å². The zero-order chi connectivity index (χ0) is 10.5. The van der Waals surface area contributed by atoms with Crippen LogP contribution in [0.2, 0.25) is 0 Å². The molecule has 0 atom stereocenters. The average Bonchev–Trinajstić information content (AvgIpc) is 2.81. The Kier molecular flexibility index (Phi) is 4.01. The molecular formula is C12H21NO2. The van der Waals surface area contributed by atoms with E-state index >= 15 is 0 Å². The summed E-state index contributed by atoms with van der Waals surface area (Å²) in [6.45, 7) is 2.18. The van der Waals surface area contributed by atoms with Crippen LogP contribution in [0.5, 0.6) is 0 Å². The van der Waals surface area contributed by atoms with Crippen molar-refractivity contribution < 1.29 is 9.53 Å². The van der Waals surface area contributed by atoms with Crippen LogP contribution in [-0.4, -0.2) is 36.6 Å². The van der Waals surface area contributed by atoms with Crippen LogP contribution in [-0.2, 0) is 9.53 Å². The molecule has 15 heavy (non-hydrogen) atoms. The van der Waals surface area contributed by atoms with E-state index in [4.69, 9.17) is 4.74 Å². The molecule has 1 saturated carbocycles. The van der Waals surface area contributed by atoms with E-state index in [9.17, 15) is 4.79 Å². The fraction of sp³-hybridized carbons (Fsp3) is 0.917. The average molecular weight is 211 g/mol. The standard InChI is InChI=1S/C12H21NO2/c14-12(13-8-4-5-9-13)10-15-11-6-2-1-3-7-11/h11H,1-10H2. The first kappa shape index (κ1) is 10.9. The monoisotopic (exact) mass is 211 g/mol. The fourth-order valence-corrected chi connectivity index (χ4v) is 2.48. The summed E-state index contributed by atoms with van der Waals surface area (Å²) in [6, 6.07) is 0. The highest BCUT2D eigenvalue weighted by Gasteiger charge is 2.20. The van der Waals surface area contributed by atoms with E-state index in [1.807, 2.05) is 4.90 Å². The summed E-state index contributed by atoms with van der Waals surface area (Å²) in [5, 5.41) is 0. The van der Waals surface area contributed by atoms with Gasteiger partial charge in [-0.1, -0.05) is 19.3 Å². The van der Waals surface area contributed by atoms with Gasteiger partial charge in [0.2, 0.25) is 5.91 Å². The second-order valence-electron chi connectivity index (χ2n) is 4.66. The molecule has 0 unspecified atom stereocenters. The second-order valence-corrected chi connectivity index (χ2v) is 4.66. The van der Waals surface area contributed by atoms with E-state index < -0.39 is 0 Å². The number of carbonyl (C=O) groups excluding carboxylic acids is 1. The summed E-state index contributed by atoms with van der Waals surface area (Å²) in [4.78, 5) is 13.6. The molecule has 0 aromatic carbocycles. The van der Waals surface area contributed by atoms with Crippen LogP contribution in [0.1, 0.15) is 44.9 Å². The molecule has 1 aliphatic carbocycles. The minimum atomic E-state index is 0.193. The molecule has 86 valence electrons. The first-order valence-corrected chi connectivity index (χ1v) is 6.25. The van der Waals surface area contributed by atoms with Gasteiger partial charge < -0.3 is 9.64 Å². The van der Waals surface area contributed by atoms with Gasteiger partial charge in [-0.3, -0.25) is 4.79 Å². The Bertz CT molecular complexity index is 206. The largest absolute Gasteiger partial charge is 0.368 e. The van der Waals surface area contributed by atoms with Crippen molar-refractivity contribution in [2.45, 2.75) is 51.0 Å². The molecule has 0 N–H and O–H groups in total. The van der Waals surface area contributed by atoms with Crippen molar-refractivity contribution in [2.75, 3.05) is 19.7 Å². The molecular weight excluding hydrogens is 190 g/mol. The molecule has 1 heterocycles. The van der Waals surface area contributed by atoms with Gasteiger partial charge >= 0.3 is 0 Å². The first-order valence-electron chi connectivity index (χ1n) is 6.25. The van der Waals surface area contributed by atoms with Crippen LogP contribution in [0.15, 0.2) is 0 Å². The number of hydrogen-bond acceptors (Lipinski definition) is 2. The van der Waals surface area contributed by atoms with E-state index in [1.165, 1.54) is 19.3 Å². The molecule has 0 radical (unpaired) electrons. The SMILES string of the molecule is O=C(COC1CCCCC1)N1CCCC1. The van der Waals surface area contributed by atoms with Crippen LogP contribution in [0.4, 0.5) is 0 Å². The number of amides is 1. The van der Waals surface area contributed by atoms with Crippen LogP contribution in [0.3, 0.4) is 0 Å². The van der Waals surface area contributed by atoms with Crippen molar-refractivity contribution in [3.8, 4) is 0 Å². The Morgan fingerprint density at radius 2 is 1.73 bits per heavy atom. The van der Waals surface area contributed by atoms with E-state index in [-0.39, 0.29) is 5.91 Å². The molecule has 0 aromatic rings. The van der Waals surface area contributed by atoms with Crippen molar-refractivity contribution in [2.24, 2.45) is 0 Å². The van der Waals surface area contributed by atoms with Crippen molar-refractivity contribution in [1.29, 1.82) is 0 Å². The molecule has 0 spiro atoms. The van der Waals surface area contributed by atoms with Crippen LogP contribution < -0.4 is 0 Å². The van der Waals surface area contributed by atoms with Crippen LogP contribution >= 0.6 is 0 Å². The normalized spacial score (nSPS) is 23.3. The highest BCUT2D eigenvalue weighted by Crippen LogP contribution is 2.20. The quantitative estimate of drug-likeness (QED) is 0.714. The van der Waals surface area contributed by atoms with Crippen molar-refractivity contribution in [1.82, 2.24) is 4.90 Å². The van der Waals surface area contributed by atoms with Gasteiger partial charge in [0.05, 0.1) is 6.10 Å². The van der Waals surface area contributed by atoms with E-state index in [2.05, 4.69) is 0 Å². The molecule has 2 rings (SSSR count). The third kappa shape index (κ3) is 3.20.